The maximum Gasteiger partial charge on any atom is 0.327 e. The Balaban J connectivity index is 1.80. The molecule has 1 aliphatic carbocycles. The molecule has 2 N–H and O–H groups in total. The number of nitrogens with two attached hydrogens (primary N) is 1. The Morgan fingerprint density at radius 3 is 2.89 bits per heavy atom. The van der Waals surface area contributed by atoms with Crippen LogP contribution in [-0.2, 0) is 16.6 Å². The van der Waals surface area contributed by atoms with Gasteiger partial charge in [0.2, 0.25) is 0 Å². The fourth-order valence-corrected chi connectivity index (χ4v) is 2.38. The van der Waals surface area contributed by atoms with Gasteiger partial charge in [0.15, 0.2) is 0 Å². The van der Waals surface area contributed by atoms with E-state index in [2.05, 4.69) is 5.10 Å². The van der Waals surface area contributed by atoms with Gasteiger partial charge in [0, 0.05) is 18.8 Å². The Morgan fingerprint density at radius 2 is 2.28 bits per heavy atom. The lowest BCUT2D eigenvalue weighted by Gasteiger charge is -2.21. The predicted molar refractivity (Wildman–Crippen MR) is 67.7 cm³/mol. The molecule has 18 heavy (non-hydrogen) atoms. The number of hydrogen-bond acceptors (Lipinski definition) is 4. The lowest BCUT2D eigenvalue weighted by Crippen LogP contribution is -2.26. The average Bonchev–Trinajstić information content (AvgIpc) is 2.83. The summed E-state index contributed by atoms with van der Waals surface area (Å²) in [5.41, 5.74) is 6.54. The molecule has 1 fully saturated rings. The highest BCUT2D eigenvalue weighted by Gasteiger charge is 2.21. The van der Waals surface area contributed by atoms with E-state index in [9.17, 15) is 4.79 Å². The number of aromatic nitrogens is 2. The normalized spacial score (nSPS) is 18.6. The number of nitrogens with zero attached hydrogens (tertiary/aromatic N) is 2. The monoisotopic (exact) mass is 251 g/mol. The summed E-state index contributed by atoms with van der Waals surface area (Å²) in [6.45, 7) is 0.507. The minimum Gasteiger partial charge on any atom is -0.464 e. The van der Waals surface area contributed by atoms with Gasteiger partial charge >= 0.3 is 5.97 Å². The van der Waals surface area contributed by atoms with Crippen LogP contribution in [0.3, 0.4) is 0 Å². The van der Waals surface area contributed by atoms with E-state index in [1.165, 1.54) is 19.3 Å². The van der Waals surface area contributed by atoms with Gasteiger partial charge in [-0.1, -0.05) is 19.3 Å². The van der Waals surface area contributed by atoms with Crippen molar-refractivity contribution in [2.24, 2.45) is 18.7 Å². The fraction of sp³-hybridized carbons (Fsp3) is 0.692. The largest absolute Gasteiger partial charge is 0.464 e. The van der Waals surface area contributed by atoms with Crippen LogP contribution in [0.15, 0.2) is 12.4 Å². The summed E-state index contributed by atoms with van der Waals surface area (Å²) in [6, 6.07) is -0.720. The highest BCUT2D eigenvalue weighted by molar-refractivity contribution is 5.77. The number of carbonyl (C=O) groups excluding carboxylic acids is 1. The smallest absolute Gasteiger partial charge is 0.327 e. The Hall–Kier alpha value is -1.36. The first kappa shape index (κ1) is 13.1. The molecule has 0 amide bonds. The molecule has 1 aliphatic rings. The van der Waals surface area contributed by atoms with Gasteiger partial charge in [-0.2, -0.15) is 5.10 Å². The molecule has 100 valence electrons. The molecule has 5 heteroatoms. The van der Waals surface area contributed by atoms with E-state index in [1.807, 2.05) is 0 Å². The van der Waals surface area contributed by atoms with E-state index in [-0.39, 0.29) is 5.97 Å². The first-order valence-electron chi connectivity index (χ1n) is 6.57. The molecule has 0 aliphatic heterocycles. The molecular weight excluding hydrogens is 230 g/mol. The Morgan fingerprint density at radius 1 is 1.56 bits per heavy atom. The van der Waals surface area contributed by atoms with Crippen LogP contribution in [0.1, 0.15) is 43.7 Å². The van der Waals surface area contributed by atoms with E-state index in [0.717, 1.165) is 12.8 Å². The number of rotatable bonds is 4. The van der Waals surface area contributed by atoms with E-state index in [0.29, 0.717) is 18.1 Å². The lowest BCUT2D eigenvalue weighted by molar-refractivity contribution is -0.147. The molecule has 0 saturated heterocycles. The van der Waals surface area contributed by atoms with Crippen molar-refractivity contribution < 1.29 is 9.53 Å². The van der Waals surface area contributed by atoms with Crippen LogP contribution in [0.4, 0.5) is 0 Å². The zero-order valence-electron chi connectivity index (χ0n) is 10.8. The summed E-state index contributed by atoms with van der Waals surface area (Å²) in [7, 11) is 1.80. The van der Waals surface area contributed by atoms with Gasteiger partial charge in [0.1, 0.15) is 6.04 Å². The van der Waals surface area contributed by atoms with Crippen molar-refractivity contribution in [1.29, 1.82) is 0 Å². The minimum absolute atomic E-state index is 0.353. The second-order valence-corrected chi connectivity index (χ2v) is 5.06. The van der Waals surface area contributed by atoms with Crippen LogP contribution < -0.4 is 5.73 Å². The molecule has 0 aromatic carbocycles. The highest BCUT2D eigenvalue weighted by atomic mass is 16.5. The Labute approximate surface area is 107 Å². The quantitative estimate of drug-likeness (QED) is 0.824. The first-order chi connectivity index (χ1) is 8.66. The maximum absolute atomic E-state index is 11.8. The first-order valence-corrected chi connectivity index (χ1v) is 6.57. The van der Waals surface area contributed by atoms with Crippen LogP contribution in [-0.4, -0.2) is 22.4 Å². The third-order valence-electron chi connectivity index (χ3n) is 3.52. The standard InChI is InChI=1S/C13H21N3O2/c1-16-8-11(7-15-16)12(14)13(17)18-9-10-5-3-2-4-6-10/h7-8,10,12H,2-6,9,14H2,1H3. The fourth-order valence-electron chi connectivity index (χ4n) is 2.38. The molecule has 2 rings (SSSR count). The summed E-state index contributed by atoms with van der Waals surface area (Å²) in [4.78, 5) is 11.8. The summed E-state index contributed by atoms with van der Waals surface area (Å²) in [5.74, 6) is 0.164. The second kappa shape index (κ2) is 6.00. The Kier molecular flexibility index (Phi) is 4.36. The van der Waals surface area contributed by atoms with Crippen molar-refractivity contribution in [3.8, 4) is 0 Å². The average molecular weight is 251 g/mol. The second-order valence-electron chi connectivity index (χ2n) is 5.06. The van der Waals surface area contributed by atoms with E-state index >= 15 is 0 Å². The van der Waals surface area contributed by atoms with Gasteiger partial charge in [-0.25, -0.2) is 4.79 Å². The van der Waals surface area contributed by atoms with Gasteiger partial charge in [0.05, 0.1) is 12.8 Å². The van der Waals surface area contributed by atoms with Crippen LogP contribution in [0.2, 0.25) is 0 Å². The van der Waals surface area contributed by atoms with Crippen molar-refractivity contribution in [3.63, 3.8) is 0 Å². The van der Waals surface area contributed by atoms with Crippen molar-refractivity contribution in [2.45, 2.75) is 38.1 Å². The van der Waals surface area contributed by atoms with Gasteiger partial charge in [-0.3, -0.25) is 4.68 Å². The number of esters is 1. The third-order valence-corrected chi connectivity index (χ3v) is 3.52. The van der Waals surface area contributed by atoms with Gasteiger partial charge in [-0.05, 0) is 18.8 Å². The van der Waals surface area contributed by atoms with Gasteiger partial charge < -0.3 is 10.5 Å². The van der Waals surface area contributed by atoms with E-state index in [4.69, 9.17) is 10.5 Å². The maximum atomic E-state index is 11.8. The number of aryl methyl sites for hydroxylation is 1. The van der Waals surface area contributed by atoms with Crippen LogP contribution in [0.5, 0.6) is 0 Å². The predicted octanol–water partition coefficient (Wildman–Crippen LogP) is 1.54. The zero-order chi connectivity index (χ0) is 13.0. The summed E-state index contributed by atoms with van der Waals surface area (Å²) < 4.78 is 6.93. The van der Waals surface area contributed by atoms with Crippen LogP contribution >= 0.6 is 0 Å². The molecule has 1 aromatic rings. The summed E-state index contributed by atoms with van der Waals surface area (Å²) >= 11 is 0. The molecular formula is C13H21N3O2. The van der Waals surface area contributed by atoms with Crippen LogP contribution in [0, 0.1) is 5.92 Å². The topological polar surface area (TPSA) is 70.1 Å². The minimum atomic E-state index is -0.720. The van der Waals surface area contributed by atoms with Gasteiger partial charge in [0.25, 0.3) is 0 Å². The molecule has 1 heterocycles. The number of hydrogen-bond donors (Lipinski definition) is 1. The molecule has 1 unspecified atom stereocenters. The van der Waals surface area contributed by atoms with Crippen molar-refractivity contribution in [1.82, 2.24) is 9.78 Å². The van der Waals surface area contributed by atoms with Crippen molar-refractivity contribution in [2.75, 3.05) is 6.61 Å². The number of ether oxygens (including phenoxy) is 1. The molecule has 1 atom stereocenters. The van der Waals surface area contributed by atoms with E-state index in [1.54, 1.807) is 24.1 Å². The molecule has 1 saturated carbocycles. The molecule has 0 bridgehead atoms. The van der Waals surface area contributed by atoms with E-state index < -0.39 is 6.04 Å². The molecule has 5 nitrogen and oxygen atoms in total. The highest BCUT2D eigenvalue weighted by Crippen LogP contribution is 2.24. The van der Waals surface area contributed by atoms with Gasteiger partial charge in [-0.15, -0.1) is 0 Å². The Bertz CT molecular complexity index is 397. The zero-order valence-corrected chi connectivity index (χ0v) is 10.8. The molecule has 0 spiro atoms. The molecule has 0 radical (unpaired) electrons. The third kappa shape index (κ3) is 3.32. The lowest BCUT2D eigenvalue weighted by atomic mass is 9.90. The summed E-state index contributed by atoms with van der Waals surface area (Å²) in [5, 5.41) is 4.00. The number of carbonyl (C=O) groups is 1. The summed E-state index contributed by atoms with van der Waals surface area (Å²) in [6.07, 6.45) is 9.47. The van der Waals surface area contributed by atoms with Crippen molar-refractivity contribution >= 4 is 5.97 Å². The van der Waals surface area contributed by atoms with Crippen LogP contribution in [0.25, 0.3) is 0 Å². The SMILES string of the molecule is Cn1cc(C(N)C(=O)OCC2CCCCC2)cn1. The van der Waals surface area contributed by atoms with Crippen molar-refractivity contribution in [3.05, 3.63) is 18.0 Å². The molecule has 1 aromatic heterocycles.